The average molecular weight is 250 g/mol. The van der Waals surface area contributed by atoms with Crippen LogP contribution in [0.5, 0.6) is 0 Å². The Labute approximate surface area is 109 Å². The zero-order valence-electron chi connectivity index (χ0n) is 11.9. The molecule has 1 aromatic rings. The molecule has 0 N–H and O–H groups in total. The van der Waals surface area contributed by atoms with Crippen molar-refractivity contribution in [1.29, 1.82) is 0 Å². The van der Waals surface area contributed by atoms with E-state index in [0.29, 0.717) is 6.61 Å². The number of nitrogens with zero attached hydrogens (tertiary/aromatic N) is 1. The highest BCUT2D eigenvalue weighted by Gasteiger charge is 2.42. The molecule has 1 heterocycles. The Morgan fingerprint density at radius 2 is 2.22 bits per heavy atom. The van der Waals surface area contributed by atoms with E-state index in [1.165, 1.54) is 7.11 Å². The minimum Gasteiger partial charge on any atom is -0.468 e. The van der Waals surface area contributed by atoms with Gasteiger partial charge in [0.25, 0.3) is 0 Å². The maximum Gasteiger partial charge on any atom is 0.319 e. The van der Waals surface area contributed by atoms with Crippen molar-refractivity contribution in [3.8, 4) is 0 Å². The van der Waals surface area contributed by atoms with Crippen LogP contribution < -0.4 is 0 Å². The lowest BCUT2D eigenvalue weighted by molar-refractivity contribution is -0.147. The molecule has 1 saturated heterocycles. The van der Waals surface area contributed by atoms with Crippen LogP contribution in [-0.4, -0.2) is 36.8 Å². The first-order valence-electron chi connectivity index (χ1n) is 6.52. The van der Waals surface area contributed by atoms with Crippen molar-refractivity contribution in [3.05, 3.63) is 35.9 Å². The number of hydrogen-bond acceptors (Lipinski definition) is 4. The van der Waals surface area contributed by atoms with E-state index in [1.807, 2.05) is 44.2 Å². The molecule has 2 atom stereocenters. The van der Waals surface area contributed by atoms with Gasteiger partial charge in [-0.2, -0.15) is 0 Å². The molecule has 0 bridgehead atoms. The highest BCUT2D eigenvalue weighted by molar-refractivity contribution is 5.71. The highest BCUT2D eigenvalue weighted by Crippen LogP contribution is 2.36. The van der Waals surface area contributed by atoms with Gasteiger partial charge in [-0.05, 0) is 19.4 Å². The van der Waals surface area contributed by atoms with Crippen molar-refractivity contribution in [1.82, 2.24) is 4.90 Å². The van der Waals surface area contributed by atoms with E-state index >= 15 is 0 Å². The van der Waals surface area contributed by atoms with E-state index in [2.05, 4.69) is 4.74 Å². The molecule has 4 nitrogen and oxygen atoms in total. The second-order valence-electron chi connectivity index (χ2n) is 4.74. The molecule has 1 fully saturated rings. The molecular weight excluding hydrogens is 230 g/mol. The fourth-order valence-electron chi connectivity index (χ4n) is 2.16. The van der Waals surface area contributed by atoms with Gasteiger partial charge in [-0.3, -0.25) is 9.69 Å². The normalized spacial score (nSPS) is 25.5. The summed E-state index contributed by atoms with van der Waals surface area (Å²) in [6.45, 7) is 3.09. The Balaban J connectivity index is 2.31. The first-order valence-corrected chi connectivity index (χ1v) is 5.95. The summed E-state index contributed by atoms with van der Waals surface area (Å²) in [6.07, 6.45) is 0. The summed E-state index contributed by atoms with van der Waals surface area (Å²) in [6, 6.07) is 9.66. The number of carbonyl (C=O) groups excluding carboxylic acids is 1. The number of benzene rings is 1. The lowest BCUT2D eigenvalue weighted by atomic mass is 10.1. The fraction of sp³-hybridized carbons (Fsp3) is 0.500. The van der Waals surface area contributed by atoms with Crippen molar-refractivity contribution in [3.63, 3.8) is 0 Å². The van der Waals surface area contributed by atoms with Gasteiger partial charge in [0, 0.05) is 0 Å². The second kappa shape index (κ2) is 5.08. The van der Waals surface area contributed by atoms with Gasteiger partial charge < -0.3 is 9.47 Å². The molecule has 4 heteroatoms. The molecule has 1 aromatic carbocycles. The molecule has 1 aliphatic heterocycles. The number of esters is 1. The van der Waals surface area contributed by atoms with Crippen LogP contribution in [0.1, 0.15) is 26.8 Å². The zero-order chi connectivity index (χ0) is 14.0. The third-order valence-corrected chi connectivity index (χ3v) is 3.18. The maximum atomic E-state index is 11.7. The Bertz CT molecular complexity index is 449. The first-order chi connectivity index (χ1) is 8.97. The van der Waals surface area contributed by atoms with Gasteiger partial charge in [0.2, 0.25) is 0 Å². The van der Waals surface area contributed by atoms with Gasteiger partial charge in [-0.25, -0.2) is 0 Å². The fourth-order valence-corrected chi connectivity index (χ4v) is 2.16. The van der Waals surface area contributed by atoms with E-state index in [1.54, 1.807) is 4.90 Å². The van der Waals surface area contributed by atoms with Crippen LogP contribution in [0.2, 0.25) is 0 Å². The molecule has 0 aliphatic carbocycles. The number of ether oxygens (including phenoxy) is 2. The minimum atomic E-state index is -1.09. The van der Waals surface area contributed by atoms with Gasteiger partial charge >= 0.3 is 5.97 Å². The molecule has 2 rings (SSSR count). The van der Waals surface area contributed by atoms with E-state index in [9.17, 15) is 4.79 Å². The average Bonchev–Trinajstić information content (AvgIpc) is 2.73. The highest BCUT2D eigenvalue weighted by atomic mass is 16.5. The Morgan fingerprint density at radius 1 is 1.56 bits per heavy atom. The lowest BCUT2D eigenvalue weighted by Crippen LogP contribution is -2.43. The Kier molecular flexibility index (Phi) is 3.30. The Morgan fingerprint density at radius 3 is 2.83 bits per heavy atom. The van der Waals surface area contributed by atoms with E-state index in [0.717, 1.165) is 5.56 Å². The zero-order valence-corrected chi connectivity index (χ0v) is 10.9. The third kappa shape index (κ3) is 2.54. The summed E-state index contributed by atoms with van der Waals surface area (Å²) in [4.78, 5) is 13.4. The van der Waals surface area contributed by atoms with Crippen LogP contribution in [0.3, 0.4) is 0 Å². The van der Waals surface area contributed by atoms with E-state index < -0.39 is 18.2 Å². The van der Waals surface area contributed by atoms with Crippen LogP contribution in [0.4, 0.5) is 0 Å². The minimum absolute atomic E-state index is 0.113. The van der Waals surface area contributed by atoms with Crippen molar-refractivity contribution in [2.24, 2.45) is 0 Å². The molecule has 0 saturated carbocycles. The van der Waals surface area contributed by atoms with Crippen LogP contribution in [-0.2, 0) is 14.3 Å². The summed E-state index contributed by atoms with van der Waals surface area (Å²) in [5.41, 5.74) is 0.371. The number of hydrogen-bond donors (Lipinski definition) is 0. The molecule has 0 radical (unpaired) electrons. The number of carbonyl (C=O) groups is 1. The van der Waals surface area contributed by atoms with Gasteiger partial charge in [0.05, 0.1) is 27.7 Å². The molecule has 0 aromatic heterocycles. The summed E-state index contributed by atoms with van der Waals surface area (Å²) in [7, 11) is 1.30. The summed E-state index contributed by atoms with van der Waals surface area (Å²) < 4.78 is 18.5. The Hall–Kier alpha value is -1.39. The standard InChI is InChI=1S/C14H19NO3/c1-14(2)15(9-13(16)17-3)12(10-18-14)11-7-5-4-6-8-11/h4-8,12H,9-10H2,1-3H3/t12-/m0/s1/i9D/t9-,12+/m1. The van der Waals surface area contributed by atoms with Crippen LogP contribution in [0, 0.1) is 0 Å². The maximum absolute atomic E-state index is 11.7. The van der Waals surface area contributed by atoms with Gasteiger partial charge in [-0.15, -0.1) is 0 Å². The van der Waals surface area contributed by atoms with E-state index in [4.69, 9.17) is 6.11 Å². The first kappa shape index (κ1) is 11.7. The second-order valence-corrected chi connectivity index (χ2v) is 4.74. The van der Waals surface area contributed by atoms with Gasteiger partial charge in [-0.1, -0.05) is 30.3 Å². The summed E-state index contributed by atoms with van der Waals surface area (Å²) in [5, 5.41) is 0. The number of methoxy groups -OCH3 is 1. The SMILES string of the molecule is [2H][C@H](C(=O)OC)N1[C@H](c2ccccc2)COC1(C)C. The largest absolute Gasteiger partial charge is 0.468 e. The van der Waals surface area contributed by atoms with Crippen molar-refractivity contribution < 1.29 is 15.6 Å². The van der Waals surface area contributed by atoms with Crippen LogP contribution in [0.15, 0.2) is 30.3 Å². The predicted octanol–water partition coefficient (Wildman–Crippen LogP) is 1.97. The topological polar surface area (TPSA) is 38.8 Å². The lowest BCUT2D eigenvalue weighted by Gasteiger charge is -2.32. The number of rotatable bonds is 3. The monoisotopic (exact) mass is 250 g/mol. The molecular formula is C14H19NO3. The predicted molar refractivity (Wildman–Crippen MR) is 67.9 cm³/mol. The van der Waals surface area contributed by atoms with Crippen molar-refractivity contribution >= 4 is 5.97 Å². The van der Waals surface area contributed by atoms with E-state index in [-0.39, 0.29) is 6.04 Å². The molecule has 98 valence electrons. The molecule has 0 amide bonds. The van der Waals surface area contributed by atoms with Gasteiger partial charge in [0.1, 0.15) is 5.72 Å². The third-order valence-electron chi connectivity index (χ3n) is 3.18. The molecule has 0 unspecified atom stereocenters. The quantitative estimate of drug-likeness (QED) is 0.769. The van der Waals surface area contributed by atoms with Crippen molar-refractivity contribution in [2.75, 3.05) is 20.2 Å². The molecule has 18 heavy (non-hydrogen) atoms. The molecule has 0 spiro atoms. The van der Waals surface area contributed by atoms with Gasteiger partial charge in [0.15, 0.2) is 0 Å². The van der Waals surface area contributed by atoms with Crippen LogP contribution in [0.25, 0.3) is 0 Å². The molecule has 1 aliphatic rings. The van der Waals surface area contributed by atoms with Crippen molar-refractivity contribution in [2.45, 2.75) is 25.6 Å². The summed E-state index contributed by atoms with van der Waals surface area (Å²) >= 11 is 0. The smallest absolute Gasteiger partial charge is 0.319 e. The van der Waals surface area contributed by atoms with Crippen LogP contribution >= 0.6 is 0 Å². The summed E-state index contributed by atoms with van der Waals surface area (Å²) in [5.74, 6) is -0.570.